The van der Waals surface area contributed by atoms with Crippen LogP contribution in [0.25, 0.3) is 17.2 Å². The number of carbonyl (C=O) groups excluding carboxylic acids is 1. The molecule has 0 bridgehead atoms. The minimum absolute atomic E-state index is 0.161. The molecular weight excluding hydrogens is 349 g/mol. The summed E-state index contributed by atoms with van der Waals surface area (Å²) in [4.78, 5) is 31.2. The SMILES string of the molecule is Cc1ccc(-c2nc3[nH]c(=O)cc(NC(=O)c4ccc(F)cc4)n3n2)cc1. The number of amides is 1. The fourth-order valence-electron chi connectivity index (χ4n) is 2.60. The molecule has 2 aromatic carbocycles. The third-order valence-electron chi connectivity index (χ3n) is 4.00. The zero-order chi connectivity index (χ0) is 19.0. The Morgan fingerprint density at radius 2 is 1.81 bits per heavy atom. The molecule has 2 heterocycles. The number of carbonyl (C=O) groups is 1. The summed E-state index contributed by atoms with van der Waals surface area (Å²) in [5.74, 6) is -0.158. The van der Waals surface area contributed by atoms with Gasteiger partial charge < -0.3 is 5.32 Å². The molecule has 7 nitrogen and oxygen atoms in total. The molecule has 8 heteroatoms. The van der Waals surface area contributed by atoms with Gasteiger partial charge in [-0.1, -0.05) is 29.8 Å². The number of aromatic nitrogens is 4. The summed E-state index contributed by atoms with van der Waals surface area (Å²) in [6.45, 7) is 1.97. The summed E-state index contributed by atoms with van der Waals surface area (Å²) in [5.41, 5.74) is 1.70. The van der Waals surface area contributed by atoms with Gasteiger partial charge in [-0.25, -0.2) is 4.39 Å². The molecule has 0 saturated heterocycles. The second-order valence-corrected chi connectivity index (χ2v) is 6.02. The molecule has 4 aromatic rings. The molecular formula is C19H14FN5O2. The highest BCUT2D eigenvalue weighted by Crippen LogP contribution is 2.18. The maximum Gasteiger partial charge on any atom is 0.256 e. The molecule has 0 spiro atoms. The van der Waals surface area contributed by atoms with Crippen LogP contribution in [0.2, 0.25) is 0 Å². The van der Waals surface area contributed by atoms with Gasteiger partial charge in [0, 0.05) is 17.2 Å². The maximum atomic E-state index is 13.0. The number of H-pyrrole nitrogens is 1. The van der Waals surface area contributed by atoms with Gasteiger partial charge in [0.1, 0.15) is 11.6 Å². The number of aryl methyl sites for hydroxylation is 1. The number of nitrogens with one attached hydrogen (secondary N) is 2. The van der Waals surface area contributed by atoms with E-state index >= 15 is 0 Å². The Morgan fingerprint density at radius 3 is 2.52 bits per heavy atom. The molecule has 0 unspecified atom stereocenters. The second-order valence-electron chi connectivity index (χ2n) is 6.02. The van der Waals surface area contributed by atoms with E-state index in [9.17, 15) is 14.0 Å². The highest BCUT2D eigenvalue weighted by atomic mass is 19.1. The van der Waals surface area contributed by atoms with Gasteiger partial charge in [-0.2, -0.15) is 9.50 Å². The van der Waals surface area contributed by atoms with Crippen LogP contribution in [0.15, 0.2) is 59.4 Å². The molecule has 4 rings (SSSR count). The van der Waals surface area contributed by atoms with Crippen LogP contribution in [-0.4, -0.2) is 25.5 Å². The fraction of sp³-hybridized carbons (Fsp3) is 0.0526. The quantitative estimate of drug-likeness (QED) is 0.585. The van der Waals surface area contributed by atoms with Crippen LogP contribution >= 0.6 is 0 Å². The van der Waals surface area contributed by atoms with Crippen molar-refractivity contribution in [3.63, 3.8) is 0 Å². The molecule has 2 N–H and O–H groups in total. The van der Waals surface area contributed by atoms with Gasteiger partial charge in [0.25, 0.3) is 11.5 Å². The Balaban J connectivity index is 1.74. The normalized spacial score (nSPS) is 10.9. The lowest BCUT2D eigenvalue weighted by atomic mass is 10.1. The largest absolute Gasteiger partial charge is 0.306 e. The molecule has 0 fully saturated rings. The first-order valence-corrected chi connectivity index (χ1v) is 8.14. The monoisotopic (exact) mass is 363 g/mol. The first-order chi connectivity index (χ1) is 13.0. The molecule has 0 aliphatic heterocycles. The summed E-state index contributed by atoms with van der Waals surface area (Å²) in [5, 5.41) is 6.99. The summed E-state index contributed by atoms with van der Waals surface area (Å²) in [7, 11) is 0. The summed E-state index contributed by atoms with van der Waals surface area (Å²) >= 11 is 0. The van der Waals surface area contributed by atoms with Crippen molar-refractivity contribution in [3.8, 4) is 11.4 Å². The van der Waals surface area contributed by atoms with E-state index < -0.39 is 17.3 Å². The van der Waals surface area contributed by atoms with E-state index in [1.165, 1.54) is 34.8 Å². The van der Waals surface area contributed by atoms with E-state index in [2.05, 4.69) is 20.4 Å². The van der Waals surface area contributed by atoms with Crippen LogP contribution in [0, 0.1) is 12.7 Å². The number of aromatic amines is 1. The van der Waals surface area contributed by atoms with E-state index in [4.69, 9.17) is 0 Å². The lowest BCUT2D eigenvalue weighted by Gasteiger charge is -2.06. The molecule has 1 amide bonds. The van der Waals surface area contributed by atoms with Gasteiger partial charge in [-0.3, -0.25) is 14.6 Å². The molecule has 0 atom stereocenters. The third kappa shape index (κ3) is 3.32. The second kappa shape index (κ2) is 6.49. The van der Waals surface area contributed by atoms with Crippen LogP contribution in [0.1, 0.15) is 15.9 Å². The first-order valence-electron chi connectivity index (χ1n) is 8.14. The molecule has 134 valence electrons. The Kier molecular flexibility index (Phi) is 4.00. The summed E-state index contributed by atoms with van der Waals surface area (Å²) in [6, 6.07) is 13.9. The minimum atomic E-state index is -0.491. The van der Waals surface area contributed by atoms with Gasteiger partial charge in [0.2, 0.25) is 5.78 Å². The van der Waals surface area contributed by atoms with Crippen molar-refractivity contribution >= 4 is 17.5 Å². The highest BCUT2D eigenvalue weighted by molar-refractivity contribution is 6.03. The number of hydrogen-bond donors (Lipinski definition) is 2. The average Bonchev–Trinajstić information content (AvgIpc) is 3.07. The lowest BCUT2D eigenvalue weighted by molar-refractivity contribution is 0.102. The number of fused-ring (bicyclic) bond motifs is 1. The van der Waals surface area contributed by atoms with Crippen LogP contribution in [0.5, 0.6) is 0 Å². The standard InChI is InChI=1S/C19H14FN5O2/c1-11-2-4-12(5-3-11)17-23-19-22-16(26)10-15(25(19)24-17)21-18(27)13-6-8-14(20)9-7-13/h2-10H,1H3,(H,21,27)(H,22,23,24,26). The predicted molar refractivity (Wildman–Crippen MR) is 98.1 cm³/mol. The summed E-state index contributed by atoms with van der Waals surface area (Å²) in [6.07, 6.45) is 0. The summed E-state index contributed by atoms with van der Waals surface area (Å²) < 4.78 is 14.4. The van der Waals surface area contributed by atoms with Crippen molar-refractivity contribution < 1.29 is 9.18 Å². The molecule has 0 saturated carbocycles. The average molecular weight is 363 g/mol. The van der Waals surface area contributed by atoms with Gasteiger partial charge in [-0.05, 0) is 31.2 Å². The van der Waals surface area contributed by atoms with E-state index in [-0.39, 0.29) is 17.2 Å². The first kappa shape index (κ1) is 16.6. The zero-order valence-corrected chi connectivity index (χ0v) is 14.2. The van der Waals surface area contributed by atoms with Gasteiger partial charge in [0.15, 0.2) is 5.82 Å². The number of hydrogen-bond acceptors (Lipinski definition) is 4. The Hall–Kier alpha value is -3.81. The third-order valence-corrected chi connectivity index (χ3v) is 4.00. The van der Waals surface area contributed by atoms with Crippen molar-refractivity contribution in [2.24, 2.45) is 0 Å². The van der Waals surface area contributed by atoms with E-state index in [1.54, 1.807) is 0 Å². The number of nitrogens with zero attached hydrogens (tertiary/aromatic N) is 3. The Labute approximate surface area is 152 Å². The molecule has 0 aliphatic rings. The van der Waals surface area contributed by atoms with Crippen molar-refractivity contribution in [3.05, 3.63) is 81.9 Å². The van der Waals surface area contributed by atoms with Crippen molar-refractivity contribution in [1.82, 2.24) is 19.6 Å². The molecule has 0 radical (unpaired) electrons. The van der Waals surface area contributed by atoms with Crippen LogP contribution in [0.4, 0.5) is 10.2 Å². The Morgan fingerprint density at radius 1 is 1.11 bits per heavy atom. The van der Waals surface area contributed by atoms with Crippen molar-refractivity contribution in [2.45, 2.75) is 6.92 Å². The van der Waals surface area contributed by atoms with Crippen LogP contribution in [-0.2, 0) is 0 Å². The van der Waals surface area contributed by atoms with Crippen LogP contribution in [0.3, 0.4) is 0 Å². The van der Waals surface area contributed by atoms with E-state index in [0.717, 1.165) is 11.1 Å². The minimum Gasteiger partial charge on any atom is -0.306 e. The predicted octanol–water partition coefficient (Wildman–Crippen LogP) is 2.78. The van der Waals surface area contributed by atoms with Gasteiger partial charge in [0.05, 0.1) is 0 Å². The topological polar surface area (TPSA) is 92.1 Å². The Bertz CT molecular complexity index is 1190. The number of benzene rings is 2. The van der Waals surface area contributed by atoms with Crippen molar-refractivity contribution in [2.75, 3.05) is 5.32 Å². The van der Waals surface area contributed by atoms with Gasteiger partial charge >= 0.3 is 0 Å². The number of anilines is 1. The van der Waals surface area contributed by atoms with E-state index in [1.807, 2.05) is 31.2 Å². The fourth-order valence-corrected chi connectivity index (χ4v) is 2.60. The molecule has 27 heavy (non-hydrogen) atoms. The number of rotatable bonds is 3. The van der Waals surface area contributed by atoms with Crippen molar-refractivity contribution in [1.29, 1.82) is 0 Å². The molecule has 0 aliphatic carbocycles. The highest BCUT2D eigenvalue weighted by Gasteiger charge is 2.14. The zero-order valence-electron chi connectivity index (χ0n) is 14.2. The molecule has 2 aromatic heterocycles. The number of halogens is 1. The lowest BCUT2D eigenvalue weighted by Crippen LogP contribution is -2.18. The smallest absolute Gasteiger partial charge is 0.256 e. The maximum absolute atomic E-state index is 13.0. The van der Waals surface area contributed by atoms with E-state index in [0.29, 0.717) is 5.82 Å². The van der Waals surface area contributed by atoms with Gasteiger partial charge in [-0.15, -0.1) is 5.10 Å². The van der Waals surface area contributed by atoms with Crippen LogP contribution < -0.4 is 10.9 Å².